The van der Waals surface area contributed by atoms with Crippen molar-refractivity contribution in [3.63, 3.8) is 0 Å². The molecule has 0 saturated heterocycles. The predicted octanol–water partition coefficient (Wildman–Crippen LogP) is 5.41. The van der Waals surface area contributed by atoms with Crippen molar-refractivity contribution < 1.29 is 9.08 Å². The van der Waals surface area contributed by atoms with Gasteiger partial charge in [0.2, 0.25) is 0 Å². The molecule has 0 radical (unpaired) electrons. The lowest BCUT2D eigenvalue weighted by molar-refractivity contribution is 0.459. The van der Waals surface area contributed by atoms with Gasteiger partial charge in [0.05, 0.1) is 6.04 Å². The maximum absolute atomic E-state index is 13.1. The molecule has 2 aromatic heterocycles. The van der Waals surface area contributed by atoms with E-state index < -0.39 is 16.1 Å². The predicted molar refractivity (Wildman–Crippen MR) is 131 cm³/mol. The Morgan fingerprint density at radius 3 is 2.58 bits per heavy atom. The highest BCUT2D eigenvalue weighted by molar-refractivity contribution is 7.90. The summed E-state index contributed by atoms with van der Waals surface area (Å²) in [6.07, 6.45) is 0.468. The van der Waals surface area contributed by atoms with E-state index in [1.54, 1.807) is 6.07 Å². The van der Waals surface area contributed by atoms with Gasteiger partial charge in [0, 0.05) is 34.4 Å². The van der Waals surface area contributed by atoms with Gasteiger partial charge in [-0.15, -0.1) is 4.72 Å². The van der Waals surface area contributed by atoms with E-state index in [4.69, 9.17) is 4.52 Å². The maximum atomic E-state index is 13.1. The fourth-order valence-corrected chi connectivity index (χ4v) is 4.47. The van der Waals surface area contributed by atoms with Gasteiger partial charge in [-0.2, -0.15) is 5.26 Å². The third-order valence-corrected chi connectivity index (χ3v) is 7.10. The lowest BCUT2D eigenvalue weighted by atomic mass is 9.93. The van der Waals surface area contributed by atoms with Crippen molar-refractivity contribution in [2.24, 2.45) is 0 Å². The number of rotatable bonds is 6. The Morgan fingerprint density at radius 2 is 1.82 bits per heavy atom. The van der Waals surface area contributed by atoms with E-state index in [0.29, 0.717) is 17.7 Å². The molecule has 0 bridgehead atoms. The third kappa shape index (κ3) is 4.93. The fourth-order valence-electron chi connectivity index (χ4n) is 3.65. The molecule has 2 aromatic carbocycles. The molecule has 0 amide bonds. The molecule has 0 aliphatic rings. The van der Waals surface area contributed by atoms with Crippen LogP contribution in [0, 0.1) is 18.3 Å². The zero-order valence-electron chi connectivity index (χ0n) is 19.1. The lowest BCUT2D eigenvalue weighted by Crippen LogP contribution is -2.42. The van der Waals surface area contributed by atoms with E-state index in [-0.39, 0.29) is 6.04 Å². The summed E-state index contributed by atoms with van der Waals surface area (Å²) in [5.74, 6) is 0. The second-order valence-electron chi connectivity index (χ2n) is 8.94. The first kappa shape index (κ1) is 23.0. The quantitative estimate of drug-likeness (QED) is 0.388. The molecule has 0 saturated carbocycles. The Bertz CT molecular complexity index is 1320. The summed E-state index contributed by atoms with van der Waals surface area (Å²) >= 11 is -1.32. The van der Waals surface area contributed by atoms with Crippen LogP contribution in [0.4, 0.5) is 0 Å². The van der Waals surface area contributed by atoms with Crippen LogP contribution in [0.1, 0.15) is 49.3 Å². The molecule has 7 heteroatoms. The molecule has 168 valence electrons. The Labute approximate surface area is 197 Å². The number of para-hydroxylation sites is 1. The Kier molecular flexibility index (Phi) is 6.52. The summed E-state index contributed by atoms with van der Waals surface area (Å²) in [5.41, 5.74) is 5.43. The van der Waals surface area contributed by atoms with E-state index in [1.165, 1.54) is 0 Å². The molecule has 2 heterocycles. The van der Waals surface area contributed by atoms with Crippen molar-refractivity contribution in [2.75, 3.05) is 0 Å². The van der Waals surface area contributed by atoms with Gasteiger partial charge in [0.15, 0.2) is 5.58 Å². The number of benzene rings is 2. The number of fused-ring (bicyclic) bond motifs is 1. The number of aromatic nitrogens is 2. The Morgan fingerprint density at radius 1 is 1.09 bits per heavy atom. The van der Waals surface area contributed by atoms with Crippen LogP contribution in [-0.4, -0.2) is 19.4 Å². The SMILES string of the molecule is Cc1ccc(C#N)nc1C[C@H](N[S+]([O-])C(C)(C)C)c1ccccc1-c1noc2ccccc12. The second kappa shape index (κ2) is 9.36. The number of hydrogen-bond acceptors (Lipinski definition) is 6. The van der Waals surface area contributed by atoms with Gasteiger partial charge in [-0.05, 0) is 57.0 Å². The Hall–Kier alpha value is -3.18. The van der Waals surface area contributed by atoms with Crippen LogP contribution in [0.3, 0.4) is 0 Å². The maximum Gasteiger partial charge on any atom is 0.167 e. The average Bonchev–Trinajstić information content (AvgIpc) is 3.23. The molecule has 0 fully saturated rings. The monoisotopic (exact) mass is 458 g/mol. The number of nitriles is 1. The lowest BCUT2D eigenvalue weighted by Gasteiger charge is -2.29. The summed E-state index contributed by atoms with van der Waals surface area (Å²) in [4.78, 5) is 4.53. The van der Waals surface area contributed by atoms with Crippen LogP contribution in [0.15, 0.2) is 65.2 Å². The van der Waals surface area contributed by atoms with Crippen molar-refractivity contribution in [3.05, 3.63) is 83.2 Å². The number of nitrogens with zero attached hydrogens (tertiary/aromatic N) is 3. The van der Waals surface area contributed by atoms with Crippen LogP contribution < -0.4 is 4.72 Å². The van der Waals surface area contributed by atoms with Crippen molar-refractivity contribution in [1.29, 1.82) is 5.26 Å². The summed E-state index contributed by atoms with van der Waals surface area (Å²) in [6, 6.07) is 21.1. The van der Waals surface area contributed by atoms with Gasteiger partial charge in [-0.1, -0.05) is 47.6 Å². The van der Waals surface area contributed by atoms with E-state index in [2.05, 4.69) is 20.9 Å². The van der Waals surface area contributed by atoms with Gasteiger partial charge in [-0.3, -0.25) is 0 Å². The van der Waals surface area contributed by atoms with E-state index in [1.807, 2.05) is 82.3 Å². The summed E-state index contributed by atoms with van der Waals surface area (Å²) in [6.45, 7) is 7.77. The van der Waals surface area contributed by atoms with Crippen LogP contribution in [-0.2, 0) is 17.8 Å². The summed E-state index contributed by atoms with van der Waals surface area (Å²) in [5, 5.41) is 14.6. The minimum Gasteiger partial charge on any atom is -0.598 e. The van der Waals surface area contributed by atoms with Gasteiger partial charge in [0.25, 0.3) is 0 Å². The van der Waals surface area contributed by atoms with Crippen LogP contribution in [0.25, 0.3) is 22.2 Å². The van der Waals surface area contributed by atoms with E-state index >= 15 is 0 Å². The van der Waals surface area contributed by atoms with Crippen molar-refractivity contribution in [2.45, 2.75) is 44.9 Å². The minimum atomic E-state index is -1.32. The molecular weight excluding hydrogens is 432 g/mol. The van der Waals surface area contributed by atoms with Gasteiger partial charge >= 0.3 is 0 Å². The highest BCUT2D eigenvalue weighted by atomic mass is 32.2. The summed E-state index contributed by atoms with van der Waals surface area (Å²) < 4.78 is 21.6. The smallest absolute Gasteiger partial charge is 0.167 e. The van der Waals surface area contributed by atoms with Crippen LogP contribution in [0.5, 0.6) is 0 Å². The largest absolute Gasteiger partial charge is 0.598 e. The molecule has 33 heavy (non-hydrogen) atoms. The van der Waals surface area contributed by atoms with E-state index in [0.717, 1.165) is 33.5 Å². The summed E-state index contributed by atoms with van der Waals surface area (Å²) in [7, 11) is 0. The van der Waals surface area contributed by atoms with Crippen LogP contribution in [0.2, 0.25) is 0 Å². The molecule has 0 aliphatic carbocycles. The van der Waals surface area contributed by atoms with Gasteiger partial charge in [-0.25, -0.2) is 4.98 Å². The van der Waals surface area contributed by atoms with Crippen LogP contribution >= 0.6 is 0 Å². The number of pyridine rings is 1. The second-order valence-corrected chi connectivity index (χ2v) is 10.9. The third-order valence-electron chi connectivity index (χ3n) is 5.49. The molecule has 1 unspecified atom stereocenters. The number of hydrogen-bond donors (Lipinski definition) is 1. The molecule has 4 rings (SSSR count). The molecule has 0 spiro atoms. The van der Waals surface area contributed by atoms with Crippen molar-refractivity contribution in [1.82, 2.24) is 14.9 Å². The zero-order chi connectivity index (χ0) is 23.6. The average molecular weight is 459 g/mol. The van der Waals surface area contributed by atoms with E-state index in [9.17, 15) is 9.81 Å². The van der Waals surface area contributed by atoms with Crippen molar-refractivity contribution >= 4 is 22.3 Å². The first-order chi connectivity index (χ1) is 15.8. The number of aryl methyl sites for hydroxylation is 1. The topological polar surface area (TPSA) is 97.8 Å². The standard InChI is InChI=1S/C26H26N4O2S/c1-17-13-14-18(16-27)28-22(17)15-23(30-33(31)26(2,3)4)19-9-5-6-10-20(19)25-21-11-7-8-12-24(21)32-29-25/h5-14,23,30H,15H2,1-4H3/t23-,33?/m0/s1. The van der Waals surface area contributed by atoms with Gasteiger partial charge < -0.3 is 9.08 Å². The molecule has 0 aliphatic heterocycles. The molecule has 4 aromatic rings. The van der Waals surface area contributed by atoms with Gasteiger partial charge in [0.1, 0.15) is 22.2 Å². The minimum absolute atomic E-state index is 0.322. The molecule has 6 nitrogen and oxygen atoms in total. The number of nitrogens with one attached hydrogen (secondary N) is 1. The fraction of sp³-hybridized carbons (Fsp3) is 0.269. The Balaban J connectivity index is 1.82. The first-order valence-corrected chi connectivity index (χ1v) is 11.9. The highest BCUT2D eigenvalue weighted by Gasteiger charge is 2.32. The molecule has 2 atom stereocenters. The zero-order valence-corrected chi connectivity index (χ0v) is 19.9. The normalized spacial score (nSPS) is 13.6. The molecule has 1 N–H and O–H groups in total. The first-order valence-electron chi connectivity index (χ1n) is 10.8. The van der Waals surface area contributed by atoms with Crippen molar-refractivity contribution in [3.8, 4) is 17.3 Å². The molecular formula is C26H26N4O2S. The highest BCUT2D eigenvalue weighted by Crippen LogP contribution is 2.35.